The number of halogens is 4. The van der Waals surface area contributed by atoms with E-state index in [9.17, 15) is 13.2 Å². The maximum absolute atomic E-state index is 12.2. The SMILES string of the molecule is FC(F)(F)CN(CCBr)c1ccncn1. The predicted molar refractivity (Wildman–Crippen MR) is 54.1 cm³/mol. The van der Waals surface area contributed by atoms with Crippen LogP contribution < -0.4 is 4.90 Å². The van der Waals surface area contributed by atoms with Crippen molar-refractivity contribution in [2.75, 3.05) is 23.3 Å². The van der Waals surface area contributed by atoms with Crippen LogP contribution in [0.15, 0.2) is 18.6 Å². The third-order valence-electron chi connectivity index (χ3n) is 1.61. The minimum atomic E-state index is -4.23. The van der Waals surface area contributed by atoms with Crippen molar-refractivity contribution < 1.29 is 13.2 Å². The summed E-state index contributed by atoms with van der Waals surface area (Å²) in [7, 11) is 0. The molecule has 0 fully saturated rings. The summed E-state index contributed by atoms with van der Waals surface area (Å²) < 4.78 is 36.6. The molecular weight excluding hydrogens is 275 g/mol. The lowest BCUT2D eigenvalue weighted by Crippen LogP contribution is -2.36. The topological polar surface area (TPSA) is 29.0 Å². The molecule has 0 spiro atoms. The molecule has 0 bridgehead atoms. The van der Waals surface area contributed by atoms with E-state index in [0.29, 0.717) is 5.33 Å². The first-order valence-electron chi connectivity index (χ1n) is 4.16. The molecule has 1 heterocycles. The molecule has 0 radical (unpaired) electrons. The molecule has 1 rings (SSSR count). The van der Waals surface area contributed by atoms with E-state index >= 15 is 0 Å². The maximum atomic E-state index is 12.2. The summed E-state index contributed by atoms with van der Waals surface area (Å²) in [5.74, 6) is 0.279. The second-order valence-electron chi connectivity index (χ2n) is 2.79. The molecule has 0 aromatic carbocycles. The van der Waals surface area contributed by atoms with Crippen LogP contribution >= 0.6 is 15.9 Å². The van der Waals surface area contributed by atoms with Crippen LogP contribution in [-0.4, -0.2) is 34.6 Å². The van der Waals surface area contributed by atoms with Crippen LogP contribution in [0.4, 0.5) is 19.0 Å². The standard InChI is InChI=1S/C8H9BrF3N3/c9-2-4-15(5-8(10,11)12)7-1-3-13-6-14-7/h1,3,6H,2,4-5H2. The van der Waals surface area contributed by atoms with E-state index in [1.165, 1.54) is 18.6 Å². The van der Waals surface area contributed by atoms with E-state index in [-0.39, 0.29) is 12.4 Å². The summed E-state index contributed by atoms with van der Waals surface area (Å²) in [4.78, 5) is 8.58. The van der Waals surface area contributed by atoms with Gasteiger partial charge in [0.05, 0.1) is 0 Å². The molecule has 0 N–H and O–H groups in total. The van der Waals surface area contributed by atoms with Crippen molar-refractivity contribution in [3.8, 4) is 0 Å². The van der Waals surface area contributed by atoms with Gasteiger partial charge < -0.3 is 4.90 Å². The second-order valence-corrected chi connectivity index (χ2v) is 3.59. The average Bonchev–Trinajstić information content (AvgIpc) is 2.17. The van der Waals surface area contributed by atoms with E-state index in [4.69, 9.17) is 0 Å². The Morgan fingerprint density at radius 2 is 2.13 bits per heavy atom. The second kappa shape index (κ2) is 5.29. The molecule has 84 valence electrons. The molecule has 0 aliphatic rings. The van der Waals surface area contributed by atoms with Gasteiger partial charge in [-0.1, -0.05) is 15.9 Å². The first-order valence-corrected chi connectivity index (χ1v) is 5.29. The highest BCUT2D eigenvalue weighted by atomic mass is 79.9. The minimum Gasteiger partial charge on any atom is -0.347 e. The Labute approximate surface area is 93.5 Å². The highest BCUT2D eigenvalue weighted by Crippen LogP contribution is 2.19. The van der Waals surface area contributed by atoms with E-state index in [1.54, 1.807) is 0 Å². The van der Waals surface area contributed by atoms with Gasteiger partial charge in [-0.3, -0.25) is 0 Å². The molecule has 15 heavy (non-hydrogen) atoms. The summed E-state index contributed by atoms with van der Waals surface area (Å²) in [5.41, 5.74) is 0. The lowest BCUT2D eigenvalue weighted by atomic mass is 10.4. The Morgan fingerprint density at radius 1 is 1.40 bits per heavy atom. The summed E-state index contributed by atoms with van der Waals surface area (Å²) in [5, 5.41) is 0.451. The van der Waals surface area contributed by atoms with Gasteiger partial charge in [0.25, 0.3) is 0 Å². The summed E-state index contributed by atoms with van der Waals surface area (Å²) in [6.07, 6.45) is -1.58. The number of hydrogen-bond donors (Lipinski definition) is 0. The molecule has 0 aliphatic heterocycles. The van der Waals surface area contributed by atoms with Gasteiger partial charge in [0.1, 0.15) is 18.7 Å². The fraction of sp³-hybridized carbons (Fsp3) is 0.500. The molecule has 0 saturated heterocycles. The number of aromatic nitrogens is 2. The molecule has 0 amide bonds. The molecule has 0 unspecified atom stereocenters. The van der Waals surface area contributed by atoms with Gasteiger partial charge in [0, 0.05) is 18.1 Å². The molecule has 0 aliphatic carbocycles. The first-order chi connectivity index (χ1) is 7.03. The zero-order valence-corrected chi connectivity index (χ0v) is 9.29. The molecule has 7 heteroatoms. The summed E-state index contributed by atoms with van der Waals surface area (Å²) >= 11 is 3.10. The maximum Gasteiger partial charge on any atom is 0.405 e. The third-order valence-corrected chi connectivity index (χ3v) is 1.97. The molecular formula is C8H9BrF3N3. The van der Waals surface area contributed by atoms with Crippen LogP contribution in [0, 0.1) is 0 Å². The number of rotatable bonds is 4. The molecule has 0 atom stereocenters. The van der Waals surface area contributed by atoms with Crippen molar-refractivity contribution >= 4 is 21.7 Å². The Bertz CT molecular complexity index is 291. The number of anilines is 1. The van der Waals surface area contributed by atoms with Gasteiger partial charge >= 0.3 is 6.18 Å². The predicted octanol–water partition coefficient (Wildman–Crippen LogP) is 2.24. The van der Waals surface area contributed by atoms with E-state index in [0.717, 1.165) is 4.90 Å². The zero-order chi connectivity index (χ0) is 11.3. The van der Waals surface area contributed by atoms with Gasteiger partial charge in [-0.05, 0) is 6.07 Å². The third kappa shape index (κ3) is 4.46. The van der Waals surface area contributed by atoms with E-state index in [2.05, 4.69) is 25.9 Å². The van der Waals surface area contributed by atoms with Crippen LogP contribution in [0.3, 0.4) is 0 Å². The van der Waals surface area contributed by atoms with Crippen LogP contribution in [-0.2, 0) is 0 Å². The van der Waals surface area contributed by atoms with Crippen LogP contribution in [0.25, 0.3) is 0 Å². The van der Waals surface area contributed by atoms with Gasteiger partial charge in [-0.25, -0.2) is 9.97 Å². The lowest BCUT2D eigenvalue weighted by molar-refractivity contribution is -0.119. The van der Waals surface area contributed by atoms with Gasteiger partial charge in [0.15, 0.2) is 0 Å². The van der Waals surface area contributed by atoms with E-state index < -0.39 is 12.7 Å². The van der Waals surface area contributed by atoms with Crippen molar-refractivity contribution in [1.82, 2.24) is 9.97 Å². The number of hydrogen-bond acceptors (Lipinski definition) is 3. The fourth-order valence-electron chi connectivity index (χ4n) is 1.06. The quantitative estimate of drug-likeness (QED) is 0.794. The Hall–Kier alpha value is -0.850. The zero-order valence-electron chi connectivity index (χ0n) is 7.71. The van der Waals surface area contributed by atoms with Crippen LogP contribution in [0.5, 0.6) is 0 Å². The normalized spacial score (nSPS) is 11.5. The van der Waals surface area contributed by atoms with E-state index in [1.807, 2.05) is 0 Å². The van der Waals surface area contributed by atoms with Gasteiger partial charge in [-0.2, -0.15) is 13.2 Å². The van der Waals surface area contributed by atoms with Crippen LogP contribution in [0.1, 0.15) is 0 Å². The van der Waals surface area contributed by atoms with Gasteiger partial charge in [-0.15, -0.1) is 0 Å². The fourth-order valence-corrected chi connectivity index (χ4v) is 1.49. The Balaban J connectivity index is 2.75. The highest BCUT2D eigenvalue weighted by molar-refractivity contribution is 9.09. The number of alkyl halides is 4. The summed E-state index contributed by atoms with van der Waals surface area (Å²) in [6.45, 7) is -0.758. The minimum absolute atomic E-state index is 0.247. The van der Waals surface area contributed by atoms with Gasteiger partial charge in [0.2, 0.25) is 0 Å². The largest absolute Gasteiger partial charge is 0.405 e. The van der Waals surface area contributed by atoms with Crippen molar-refractivity contribution in [1.29, 1.82) is 0 Å². The first kappa shape index (κ1) is 12.2. The molecule has 0 saturated carbocycles. The van der Waals surface area contributed by atoms with Crippen molar-refractivity contribution in [3.05, 3.63) is 18.6 Å². The molecule has 1 aromatic rings. The smallest absolute Gasteiger partial charge is 0.347 e. The monoisotopic (exact) mass is 283 g/mol. The Morgan fingerprint density at radius 3 is 2.60 bits per heavy atom. The van der Waals surface area contributed by atoms with Crippen molar-refractivity contribution in [2.24, 2.45) is 0 Å². The average molecular weight is 284 g/mol. The highest BCUT2D eigenvalue weighted by Gasteiger charge is 2.31. The molecule has 1 aromatic heterocycles. The summed E-state index contributed by atoms with van der Waals surface area (Å²) in [6, 6.07) is 1.45. The number of nitrogens with zero attached hydrogens (tertiary/aromatic N) is 3. The van der Waals surface area contributed by atoms with Crippen molar-refractivity contribution in [3.63, 3.8) is 0 Å². The van der Waals surface area contributed by atoms with Crippen LogP contribution in [0.2, 0.25) is 0 Å². The molecule has 3 nitrogen and oxygen atoms in total. The lowest BCUT2D eigenvalue weighted by Gasteiger charge is -2.23. The van der Waals surface area contributed by atoms with Crippen molar-refractivity contribution in [2.45, 2.75) is 6.18 Å². The Kier molecular flexibility index (Phi) is 4.31.